The molecule has 1 aliphatic rings. The molecular weight excluding hydrogens is 303 g/mol. The van der Waals surface area contributed by atoms with Gasteiger partial charge in [0.2, 0.25) is 15.8 Å². The van der Waals surface area contributed by atoms with Crippen LogP contribution in [-0.2, 0) is 14.8 Å². The number of aryl methyl sites for hydroxylation is 1. The van der Waals surface area contributed by atoms with E-state index >= 15 is 0 Å². The van der Waals surface area contributed by atoms with Gasteiger partial charge in [-0.1, -0.05) is 0 Å². The molecule has 21 heavy (non-hydrogen) atoms. The van der Waals surface area contributed by atoms with Crippen molar-refractivity contribution in [2.24, 2.45) is 0 Å². The zero-order chi connectivity index (χ0) is 15.8. The standard InChI is InChI=1S/C12H15FN2O5S/c1-7-5-10(13)11(15(16)17)8(2)12(7)21(18,19)14-9-3-4-20-6-9/h5,9,14H,3-4,6H2,1-2H3. The smallest absolute Gasteiger partial charge is 0.309 e. The molecule has 0 aliphatic carbocycles. The van der Waals surface area contributed by atoms with Crippen molar-refractivity contribution in [1.29, 1.82) is 0 Å². The molecule has 1 heterocycles. The Bertz CT molecular complexity index is 683. The van der Waals surface area contributed by atoms with E-state index in [2.05, 4.69) is 4.72 Å². The number of nitro groups is 1. The van der Waals surface area contributed by atoms with Crippen molar-refractivity contribution >= 4 is 15.7 Å². The van der Waals surface area contributed by atoms with Crippen molar-refractivity contribution in [1.82, 2.24) is 4.72 Å². The molecule has 0 spiro atoms. The maximum Gasteiger partial charge on any atom is 0.309 e. The van der Waals surface area contributed by atoms with Gasteiger partial charge in [-0.05, 0) is 31.9 Å². The molecule has 9 heteroatoms. The van der Waals surface area contributed by atoms with Gasteiger partial charge < -0.3 is 4.74 Å². The number of halogens is 1. The minimum Gasteiger partial charge on any atom is -0.380 e. The van der Waals surface area contributed by atoms with E-state index in [9.17, 15) is 22.9 Å². The lowest BCUT2D eigenvalue weighted by molar-refractivity contribution is -0.388. The first-order chi connectivity index (χ1) is 9.74. The first-order valence-electron chi connectivity index (χ1n) is 6.28. The summed E-state index contributed by atoms with van der Waals surface area (Å²) in [6, 6.07) is 0.489. The summed E-state index contributed by atoms with van der Waals surface area (Å²) in [5, 5.41) is 10.9. The SMILES string of the molecule is Cc1cc(F)c([N+](=O)[O-])c(C)c1S(=O)(=O)NC1CCOC1. The Hall–Kier alpha value is -1.58. The van der Waals surface area contributed by atoms with E-state index < -0.39 is 26.5 Å². The van der Waals surface area contributed by atoms with Crippen LogP contribution in [0.3, 0.4) is 0 Å². The van der Waals surface area contributed by atoms with E-state index in [1.807, 2.05) is 0 Å². The summed E-state index contributed by atoms with van der Waals surface area (Å²) in [5.41, 5.74) is -0.894. The minimum absolute atomic E-state index is 0.127. The third-order valence-corrected chi connectivity index (χ3v) is 5.14. The van der Waals surface area contributed by atoms with E-state index in [1.165, 1.54) is 13.8 Å². The number of benzene rings is 1. The number of nitrogens with one attached hydrogen (secondary N) is 1. The van der Waals surface area contributed by atoms with Crippen LogP contribution < -0.4 is 4.72 Å². The summed E-state index contributed by atoms with van der Waals surface area (Å²) in [6.45, 7) is 3.34. The number of ether oxygens (including phenoxy) is 1. The Morgan fingerprint density at radius 2 is 2.14 bits per heavy atom. The van der Waals surface area contributed by atoms with Crippen molar-refractivity contribution in [3.8, 4) is 0 Å². The normalized spacial score (nSPS) is 18.9. The lowest BCUT2D eigenvalue weighted by Gasteiger charge is -2.15. The Kier molecular flexibility index (Phi) is 4.26. The fraction of sp³-hybridized carbons (Fsp3) is 0.500. The number of hydrogen-bond donors (Lipinski definition) is 1. The number of nitrogens with zero attached hydrogens (tertiary/aromatic N) is 1. The van der Waals surface area contributed by atoms with E-state index in [0.29, 0.717) is 13.0 Å². The lowest BCUT2D eigenvalue weighted by atomic mass is 10.1. The van der Waals surface area contributed by atoms with Crippen LogP contribution in [0.2, 0.25) is 0 Å². The maximum absolute atomic E-state index is 13.7. The number of sulfonamides is 1. The van der Waals surface area contributed by atoms with Gasteiger partial charge in [0, 0.05) is 12.6 Å². The van der Waals surface area contributed by atoms with Gasteiger partial charge in [0.05, 0.1) is 22.0 Å². The van der Waals surface area contributed by atoms with E-state index in [1.54, 1.807) is 0 Å². The summed E-state index contributed by atoms with van der Waals surface area (Å²) in [7, 11) is -3.98. The fourth-order valence-electron chi connectivity index (χ4n) is 2.45. The topological polar surface area (TPSA) is 98.5 Å². The number of nitro benzene ring substituents is 1. The number of rotatable bonds is 4. The van der Waals surface area contributed by atoms with Crippen LogP contribution in [0, 0.1) is 29.8 Å². The van der Waals surface area contributed by atoms with Crippen LogP contribution in [0.15, 0.2) is 11.0 Å². The third-order valence-electron chi connectivity index (χ3n) is 3.33. The third kappa shape index (κ3) is 3.04. The van der Waals surface area contributed by atoms with Crippen LogP contribution in [0.4, 0.5) is 10.1 Å². The van der Waals surface area contributed by atoms with Crippen molar-refractivity contribution in [3.63, 3.8) is 0 Å². The van der Waals surface area contributed by atoms with Crippen molar-refractivity contribution in [3.05, 3.63) is 33.1 Å². The predicted molar refractivity (Wildman–Crippen MR) is 72.1 cm³/mol. The van der Waals surface area contributed by atoms with Crippen LogP contribution in [0.25, 0.3) is 0 Å². The molecule has 1 aromatic rings. The highest BCUT2D eigenvalue weighted by atomic mass is 32.2. The van der Waals surface area contributed by atoms with Crippen LogP contribution in [0.5, 0.6) is 0 Å². The van der Waals surface area contributed by atoms with E-state index in [4.69, 9.17) is 4.74 Å². The molecule has 1 N–H and O–H groups in total. The van der Waals surface area contributed by atoms with Crippen LogP contribution in [-0.4, -0.2) is 32.6 Å². The van der Waals surface area contributed by atoms with Gasteiger partial charge in [-0.15, -0.1) is 0 Å². The van der Waals surface area contributed by atoms with E-state index in [0.717, 1.165) is 6.07 Å². The summed E-state index contributed by atoms with van der Waals surface area (Å²) < 4.78 is 46.0. The molecule has 0 saturated carbocycles. The highest BCUT2D eigenvalue weighted by molar-refractivity contribution is 7.89. The number of hydrogen-bond acceptors (Lipinski definition) is 5. The molecule has 1 aromatic carbocycles. The molecule has 1 fully saturated rings. The molecule has 0 amide bonds. The summed E-state index contributed by atoms with van der Waals surface area (Å²) in [4.78, 5) is 9.75. The second kappa shape index (κ2) is 5.66. The Labute approximate surface area is 121 Å². The zero-order valence-corrected chi connectivity index (χ0v) is 12.4. The van der Waals surface area contributed by atoms with Gasteiger partial charge in [-0.3, -0.25) is 10.1 Å². The largest absolute Gasteiger partial charge is 0.380 e. The Morgan fingerprint density at radius 1 is 1.48 bits per heavy atom. The quantitative estimate of drug-likeness (QED) is 0.668. The molecule has 0 radical (unpaired) electrons. The second-order valence-corrected chi connectivity index (χ2v) is 6.57. The monoisotopic (exact) mass is 318 g/mol. The zero-order valence-electron chi connectivity index (χ0n) is 11.6. The molecule has 0 aromatic heterocycles. The Balaban J connectivity index is 2.52. The minimum atomic E-state index is -3.98. The van der Waals surface area contributed by atoms with Crippen LogP contribution >= 0.6 is 0 Å². The highest BCUT2D eigenvalue weighted by Crippen LogP contribution is 2.31. The second-order valence-electron chi connectivity index (χ2n) is 4.92. The van der Waals surface area contributed by atoms with Gasteiger partial charge in [0.15, 0.2) is 0 Å². The maximum atomic E-state index is 13.7. The summed E-state index contributed by atoms with van der Waals surface area (Å²) in [6.07, 6.45) is 0.528. The van der Waals surface area contributed by atoms with Gasteiger partial charge in [0.25, 0.3) is 0 Å². The summed E-state index contributed by atoms with van der Waals surface area (Å²) in [5.74, 6) is -1.04. The molecule has 1 saturated heterocycles. The van der Waals surface area contributed by atoms with Crippen molar-refractivity contribution < 1.29 is 22.5 Å². The average molecular weight is 318 g/mol. The molecule has 116 valence electrons. The van der Waals surface area contributed by atoms with Gasteiger partial charge in [-0.25, -0.2) is 13.1 Å². The average Bonchev–Trinajstić information content (AvgIpc) is 2.78. The molecule has 2 rings (SSSR count). The van der Waals surface area contributed by atoms with E-state index in [-0.39, 0.29) is 28.7 Å². The van der Waals surface area contributed by atoms with Gasteiger partial charge in [0.1, 0.15) is 0 Å². The molecule has 1 atom stereocenters. The van der Waals surface area contributed by atoms with Gasteiger partial charge >= 0.3 is 5.69 Å². The molecule has 7 nitrogen and oxygen atoms in total. The fourth-order valence-corrected chi connectivity index (χ4v) is 4.17. The molecular formula is C12H15FN2O5S. The lowest BCUT2D eigenvalue weighted by Crippen LogP contribution is -2.35. The van der Waals surface area contributed by atoms with Crippen LogP contribution in [0.1, 0.15) is 17.5 Å². The van der Waals surface area contributed by atoms with Gasteiger partial charge in [-0.2, -0.15) is 4.39 Å². The molecule has 1 aliphatic heterocycles. The summed E-state index contributed by atoms with van der Waals surface area (Å²) >= 11 is 0. The molecule has 1 unspecified atom stereocenters. The first-order valence-corrected chi connectivity index (χ1v) is 7.76. The Morgan fingerprint density at radius 3 is 2.67 bits per heavy atom. The molecule has 0 bridgehead atoms. The predicted octanol–water partition coefficient (Wildman–Crippen LogP) is 1.42. The van der Waals surface area contributed by atoms with Crippen molar-refractivity contribution in [2.45, 2.75) is 31.2 Å². The highest BCUT2D eigenvalue weighted by Gasteiger charge is 2.31. The van der Waals surface area contributed by atoms with Crippen molar-refractivity contribution in [2.75, 3.05) is 13.2 Å². The first kappa shape index (κ1) is 15.8.